The molecule has 74 valence electrons. The van der Waals surface area contributed by atoms with Crippen LogP contribution in [-0.2, 0) is 4.79 Å². The van der Waals surface area contributed by atoms with Gasteiger partial charge in [-0.25, -0.2) is 0 Å². The van der Waals surface area contributed by atoms with Crippen LogP contribution in [0.2, 0.25) is 0 Å². The minimum Gasteiger partial charge on any atom is -0.480 e. The van der Waals surface area contributed by atoms with Crippen molar-refractivity contribution < 1.29 is 9.90 Å². The molecule has 2 unspecified atom stereocenters. The van der Waals surface area contributed by atoms with Gasteiger partial charge in [-0.05, 0) is 38.5 Å². The van der Waals surface area contributed by atoms with Crippen molar-refractivity contribution in [1.29, 1.82) is 0 Å². The lowest BCUT2D eigenvalue weighted by Gasteiger charge is -2.24. The maximum Gasteiger partial charge on any atom is 0.324 e. The summed E-state index contributed by atoms with van der Waals surface area (Å²) in [6.45, 7) is 1.58. The van der Waals surface area contributed by atoms with Crippen LogP contribution >= 0.6 is 11.6 Å². The van der Waals surface area contributed by atoms with Crippen LogP contribution in [-0.4, -0.2) is 16.0 Å². The van der Waals surface area contributed by atoms with Crippen LogP contribution in [0.1, 0.15) is 32.6 Å². The second-order valence-electron chi connectivity index (χ2n) is 3.86. The summed E-state index contributed by atoms with van der Waals surface area (Å²) in [5.41, 5.74) is 0. The normalized spacial score (nSPS) is 26.8. The minimum atomic E-state index is -1.09. The predicted octanol–water partition coefficient (Wildman–Crippen LogP) is 2.81. The Labute approximate surface area is 83.6 Å². The number of allylic oxidation sites excluding steroid dienone is 2. The van der Waals surface area contributed by atoms with E-state index in [1.54, 1.807) is 6.92 Å². The molecule has 0 fully saturated rings. The van der Waals surface area contributed by atoms with Gasteiger partial charge in [-0.15, -0.1) is 11.6 Å². The highest BCUT2D eigenvalue weighted by Gasteiger charge is 2.33. The Hall–Kier alpha value is -0.500. The average Bonchev–Trinajstić information content (AvgIpc) is 2.05. The third-order valence-electron chi connectivity index (χ3n) is 2.50. The number of rotatable bonds is 3. The molecule has 0 aromatic heterocycles. The van der Waals surface area contributed by atoms with Crippen molar-refractivity contribution in [1.82, 2.24) is 0 Å². The van der Waals surface area contributed by atoms with Gasteiger partial charge in [0.1, 0.15) is 4.87 Å². The first kappa shape index (κ1) is 10.6. The quantitative estimate of drug-likeness (QED) is 0.565. The molecular weight excluding hydrogens is 188 g/mol. The van der Waals surface area contributed by atoms with Crippen molar-refractivity contribution in [3.8, 4) is 0 Å². The first-order valence-electron chi connectivity index (χ1n) is 4.59. The molecule has 1 aliphatic carbocycles. The summed E-state index contributed by atoms with van der Waals surface area (Å²) in [5.74, 6) is -0.479. The van der Waals surface area contributed by atoms with Gasteiger partial charge >= 0.3 is 5.97 Å². The van der Waals surface area contributed by atoms with Gasteiger partial charge in [-0.2, -0.15) is 0 Å². The molecule has 1 rings (SSSR count). The maximum atomic E-state index is 10.7. The van der Waals surface area contributed by atoms with Crippen LogP contribution in [0.5, 0.6) is 0 Å². The summed E-state index contributed by atoms with van der Waals surface area (Å²) < 4.78 is 0. The first-order chi connectivity index (χ1) is 6.02. The lowest BCUT2D eigenvalue weighted by Crippen LogP contribution is -2.31. The standard InChI is InChI=1S/C10H15ClO2/c1-10(11,9(12)13)7-8-5-3-2-4-6-8/h2-3,8H,4-7H2,1H3,(H,12,13). The van der Waals surface area contributed by atoms with E-state index in [2.05, 4.69) is 12.2 Å². The zero-order valence-electron chi connectivity index (χ0n) is 7.79. The van der Waals surface area contributed by atoms with Crippen molar-refractivity contribution in [2.45, 2.75) is 37.5 Å². The number of carboxylic acids is 1. The van der Waals surface area contributed by atoms with Crippen molar-refractivity contribution in [2.75, 3.05) is 0 Å². The molecule has 0 heterocycles. The third-order valence-corrected chi connectivity index (χ3v) is 2.81. The van der Waals surface area contributed by atoms with E-state index < -0.39 is 10.8 Å². The predicted molar refractivity (Wildman–Crippen MR) is 53.0 cm³/mol. The molecule has 0 aromatic rings. The highest BCUT2D eigenvalue weighted by molar-refractivity contribution is 6.33. The van der Waals surface area contributed by atoms with Crippen LogP contribution in [0.4, 0.5) is 0 Å². The van der Waals surface area contributed by atoms with Gasteiger partial charge in [0.15, 0.2) is 0 Å². The van der Waals surface area contributed by atoms with Crippen LogP contribution in [0.15, 0.2) is 12.2 Å². The summed E-state index contributed by atoms with van der Waals surface area (Å²) in [7, 11) is 0. The molecular formula is C10H15ClO2. The van der Waals surface area contributed by atoms with E-state index in [4.69, 9.17) is 16.7 Å². The van der Waals surface area contributed by atoms with E-state index in [0.29, 0.717) is 12.3 Å². The monoisotopic (exact) mass is 202 g/mol. The van der Waals surface area contributed by atoms with Gasteiger partial charge in [0.2, 0.25) is 0 Å². The molecule has 3 heteroatoms. The van der Waals surface area contributed by atoms with Crippen LogP contribution < -0.4 is 0 Å². The SMILES string of the molecule is CC(Cl)(CC1CC=CCC1)C(=O)O. The van der Waals surface area contributed by atoms with Crippen molar-refractivity contribution in [3.05, 3.63) is 12.2 Å². The molecule has 0 aliphatic heterocycles. The Bertz CT molecular complexity index is 221. The van der Waals surface area contributed by atoms with Crippen molar-refractivity contribution >= 4 is 17.6 Å². The second kappa shape index (κ2) is 4.14. The number of halogens is 1. The van der Waals surface area contributed by atoms with E-state index in [0.717, 1.165) is 19.3 Å². The Morgan fingerprint density at radius 1 is 1.69 bits per heavy atom. The molecule has 0 saturated heterocycles. The summed E-state index contributed by atoms with van der Waals surface area (Å²) >= 11 is 5.88. The van der Waals surface area contributed by atoms with E-state index >= 15 is 0 Å². The lowest BCUT2D eigenvalue weighted by molar-refractivity contribution is -0.140. The molecule has 0 spiro atoms. The number of hydrogen-bond acceptors (Lipinski definition) is 1. The largest absolute Gasteiger partial charge is 0.480 e. The number of aliphatic carboxylic acids is 1. The molecule has 0 radical (unpaired) electrons. The van der Waals surface area contributed by atoms with E-state index in [-0.39, 0.29) is 0 Å². The molecule has 1 N–H and O–H groups in total. The van der Waals surface area contributed by atoms with E-state index in [1.165, 1.54) is 0 Å². The molecule has 0 bridgehead atoms. The zero-order chi connectivity index (χ0) is 9.90. The number of alkyl halides is 1. The Kier molecular flexibility index (Phi) is 3.37. The minimum absolute atomic E-state index is 0.434. The Balaban J connectivity index is 2.47. The van der Waals surface area contributed by atoms with Gasteiger partial charge in [-0.1, -0.05) is 12.2 Å². The first-order valence-corrected chi connectivity index (χ1v) is 4.97. The fraction of sp³-hybridized carbons (Fsp3) is 0.700. The average molecular weight is 203 g/mol. The molecule has 0 aromatic carbocycles. The molecule has 1 aliphatic rings. The van der Waals surface area contributed by atoms with Gasteiger partial charge in [0.25, 0.3) is 0 Å². The van der Waals surface area contributed by atoms with Crippen molar-refractivity contribution in [3.63, 3.8) is 0 Å². The van der Waals surface area contributed by atoms with Gasteiger partial charge < -0.3 is 5.11 Å². The van der Waals surface area contributed by atoms with E-state index in [1.807, 2.05) is 0 Å². The van der Waals surface area contributed by atoms with Crippen LogP contribution in [0.25, 0.3) is 0 Å². The van der Waals surface area contributed by atoms with Crippen LogP contribution in [0, 0.1) is 5.92 Å². The van der Waals surface area contributed by atoms with Gasteiger partial charge in [-0.3, -0.25) is 4.79 Å². The molecule has 0 amide bonds. The van der Waals surface area contributed by atoms with Gasteiger partial charge in [0, 0.05) is 0 Å². The molecule has 13 heavy (non-hydrogen) atoms. The summed E-state index contributed by atoms with van der Waals surface area (Å²) in [5, 5.41) is 8.82. The molecule has 2 nitrogen and oxygen atoms in total. The Morgan fingerprint density at radius 3 is 2.85 bits per heavy atom. The molecule has 2 atom stereocenters. The van der Waals surface area contributed by atoms with Crippen molar-refractivity contribution in [2.24, 2.45) is 5.92 Å². The van der Waals surface area contributed by atoms with Crippen LogP contribution in [0.3, 0.4) is 0 Å². The number of carboxylic acid groups (broad SMARTS) is 1. The summed E-state index contributed by atoms with van der Waals surface area (Å²) in [4.78, 5) is 9.66. The highest BCUT2D eigenvalue weighted by Crippen LogP contribution is 2.31. The summed E-state index contributed by atoms with van der Waals surface area (Å²) in [6.07, 6.45) is 7.90. The lowest BCUT2D eigenvalue weighted by atomic mass is 9.86. The topological polar surface area (TPSA) is 37.3 Å². The fourth-order valence-corrected chi connectivity index (χ4v) is 1.89. The fourth-order valence-electron chi connectivity index (χ4n) is 1.67. The molecule has 0 saturated carbocycles. The zero-order valence-corrected chi connectivity index (χ0v) is 8.55. The maximum absolute atomic E-state index is 10.7. The van der Waals surface area contributed by atoms with Gasteiger partial charge in [0.05, 0.1) is 0 Å². The van der Waals surface area contributed by atoms with E-state index in [9.17, 15) is 4.79 Å². The summed E-state index contributed by atoms with van der Waals surface area (Å²) in [6, 6.07) is 0. The second-order valence-corrected chi connectivity index (χ2v) is 4.69. The number of carbonyl (C=O) groups is 1. The smallest absolute Gasteiger partial charge is 0.324 e. The third kappa shape index (κ3) is 3.03. The highest BCUT2D eigenvalue weighted by atomic mass is 35.5. The Morgan fingerprint density at radius 2 is 2.38 bits per heavy atom. The number of hydrogen-bond donors (Lipinski definition) is 1.